The van der Waals surface area contributed by atoms with Crippen LogP contribution >= 0.6 is 0 Å². The van der Waals surface area contributed by atoms with Crippen molar-refractivity contribution >= 4 is 6.98 Å². The van der Waals surface area contributed by atoms with Crippen LogP contribution in [-0.2, 0) is 14.2 Å². The Morgan fingerprint density at radius 3 is 2.07 bits per heavy atom. The summed E-state index contributed by atoms with van der Waals surface area (Å²) < 4.78 is 48.9. The molecule has 86 valence electrons. The molecule has 0 rings (SSSR count). The van der Waals surface area contributed by atoms with Gasteiger partial charge in [-0.05, 0) is 6.42 Å². The van der Waals surface area contributed by atoms with Crippen LogP contribution in [0.4, 0.5) is 12.9 Å². The van der Waals surface area contributed by atoms with Crippen molar-refractivity contribution in [2.75, 3.05) is 40.0 Å². The van der Waals surface area contributed by atoms with E-state index >= 15 is 0 Å². The molecule has 0 saturated carbocycles. The molecule has 0 heterocycles. The number of hydrogen-bond acceptors (Lipinski definition) is 3. The smallest absolute Gasteiger partial charge is 0.447 e. The van der Waals surface area contributed by atoms with Crippen molar-refractivity contribution in [3.8, 4) is 0 Å². The molecule has 0 atom stereocenters. The Kier molecular flexibility index (Phi) is 14.8. The Hall–Kier alpha value is 1.37. The summed E-state index contributed by atoms with van der Waals surface area (Å²) in [4.78, 5) is 0. The van der Waals surface area contributed by atoms with Gasteiger partial charge in [-0.1, -0.05) is 0 Å². The summed E-state index contributed by atoms with van der Waals surface area (Å²) in [5, 5.41) is 0. The zero-order valence-electron chi connectivity index (χ0n) is 9.18. The molecule has 0 spiro atoms. The molecule has 0 aromatic rings. The minimum atomic E-state index is -4.83. The number of rotatable bonds is 9. The standard InChI is InChI=1S/C7H15BF3O3.K/c1-12-3-2-4-13-5-6-14-7-8(9,10)11;/h2-7H2,1H3;/q-1;+1. The average Bonchev–Trinajstić information content (AvgIpc) is 2.08. The molecule has 0 saturated heterocycles. The van der Waals surface area contributed by atoms with Crippen LogP contribution in [0.5, 0.6) is 0 Å². The van der Waals surface area contributed by atoms with Crippen LogP contribution in [0.25, 0.3) is 0 Å². The van der Waals surface area contributed by atoms with Gasteiger partial charge in [-0.3, -0.25) is 0 Å². The van der Waals surface area contributed by atoms with E-state index in [2.05, 4.69) is 4.74 Å². The molecule has 0 bridgehead atoms. The molecular weight excluding hydrogens is 239 g/mol. The van der Waals surface area contributed by atoms with E-state index in [-0.39, 0.29) is 64.6 Å². The normalized spacial score (nSPS) is 11.2. The van der Waals surface area contributed by atoms with Crippen molar-refractivity contribution in [1.82, 2.24) is 0 Å². The molecule has 0 aromatic heterocycles. The zero-order chi connectivity index (χ0) is 10.9. The minimum Gasteiger partial charge on any atom is -0.447 e. The van der Waals surface area contributed by atoms with Gasteiger partial charge >= 0.3 is 58.4 Å². The van der Waals surface area contributed by atoms with Gasteiger partial charge in [0.05, 0.1) is 13.2 Å². The van der Waals surface area contributed by atoms with Crippen molar-refractivity contribution in [3.63, 3.8) is 0 Å². The fourth-order valence-corrected chi connectivity index (χ4v) is 0.742. The number of ether oxygens (including phenoxy) is 3. The molecule has 0 aliphatic heterocycles. The van der Waals surface area contributed by atoms with Gasteiger partial charge in [0.1, 0.15) is 0 Å². The third-order valence-corrected chi connectivity index (χ3v) is 1.32. The first-order valence-electron chi connectivity index (χ1n) is 4.41. The van der Waals surface area contributed by atoms with Crippen LogP contribution < -0.4 is 51.4 Å². The molecule has 15 heavy (non-hydrogen) atoms. The monoisotopic (exact) mass is 254 g/mol. The van der Waals surface area contributed by atoms with Crippen molar-refractivity contribution in [2.45, 2.75) is 6.42 Å². The predicted molar refractivity (Wildman–Crippen MR) is 47.2 cm³/mol. The molecule has 0 radical (unpaired) electrons. The van der Waals surface area contributed by atoms with E-state index in [0.29, 0.717) is 13.2 Å². The Morgan fingerprint density at radius 2 is 1.53 bits per heavy atom. The topological polar surface area (TPSA) is 27.7 Å². The largest absolute Gasteiger partial charge is 1.00 e. The molecule has 0 amide bonds. The van der Waals surface area contributed by atoms with Gasteiger partial charge in [0.15, 0.2) is 0 Å². The van der Waals surface area contributed by atoms with Gasteiger partial charge in [0.25, 0.3) is 0 Å². The number of hydrogen-bond donors (Lipinski definition) is 0. The molecule has 8 heteroatoms. The van der Waals surface area contributed by atoms with E-state index in [0.717, 1.165) is 6.42 Å². The second-order valence-corrected chi connectivity index (χ2v) is 2.74. The van der Waals surface area contributed by atoms with Gasteiger partial charge in [0, 0.05) is 26.8 Å². The summed E-state index contributed by atoms with van der Waals surface area (Å²) in [5.74, 6) is 0. The summed E-state index contributed by atoms with van der Waals surface area (Å²) in [6, 6.07) is 0. The molecule has 0 N–H and O–H groups in total. The van der Waals surface area contributed by atoms with E-state index in [4.69, 9.17) is 9.47 Å². The van der Waals surface area contributed by atoms with Crippen molar-refractivity contribution < 1.29 is 78.5 Å². The van der Waals surface area contributed by atoms with Crippen LogP contribution in [0.1, 0.15) is 6.42 Å². The van der Waals surface area contributed by atoms with Gasteiger partial charge < -0.3 is 27.2 Å². The third kappa shape index (κ3) is 18.0. The Balaban J connectivity index is 0. The van der Waals surface area contributed by atoms with E-state index in [1.54, 1.807) is 7.11 Å². The fourth-order valence-electron chi connectivity index (χ4n) is 0.742. The Labute approximate surface area is 130 Å². The molecule has 0 unspecified atom stereocenters. The molecule has 0 aliphatic rings. The van der Waals surface area contributed by atoms with Gasteiger partial charge in [0.2, 0.25) is 0 Å². The van der Waals surface area contributed by atoms with Gasteiger partial charge in [-0.15, -0.1) is 0 Å². The Bertz CT molecular complexity index is 137. The van der Waals surface area contributed by atoms with Crippen molar-refractivity contribution in [3.05, 3.63) is 0 Å². The minimum absolute atomic E-state index is 0. The maximum Gasteiger partial charge on any atom is 1.00 e. The number of methoxy groups -OCH3 is 1. The second kappa shape index (κ2) is 11.8. The first-order valence-corrected chi connectivity index (χ1v) is 4.41. The average molecular weight is 254 g/mol. The van der Waals surface area contributed by atoms with Crippen LogP contribution in [0, 0.1) is 0 Å². The maximum atomic E-state index is 11.6. The van der Waals surface area contributed by atoms with Crippen LogP contribution in [0.2, 0.25) is 0 Å². The molecular formula is C7H15BF3KO3. The van der Waals surface area contributed by atoms with E-state index in [9.17, 15) is 12.9 Å². The van der Waals surface area contributed by atoms with E-state index < -0.39 is 13.5 Å². The van der Waals surface area contributed by atoms with Crippen molar-refractivity contribution in [1.29, 1.82) is 0 Å². The van der Waals surface area contributed by atoms with Gasteiger partial charge in [-0.2, -0.15) is 0 Å². The molecule has 3 nitrogen and oxygen atoms in total. The third-order valence-electron chi connectivity index (χ3n) is 1.32. The number of halogens is 3. The van der Waals surface area contributed by atoms with E-state index in [1.807, 2.05) is 0 Å². The quantitative estimate of drug-likeness (QED) is 0.368. The summed E-state index contributed by atoms with van der Waals surface area (Å²) >= 11 is 0. The van der Waals surface area contributed by atoms with Crippen molar-refractivity contribution in [2.24, 2.45) is 0 Å². The first-order chi connectivity index (χ1) is 6.56. The molecule has 0 aliphatic carbocycles. The van der Waals surface area contributed by atoms with Crippen LogP contribution in [-0.4, -0.2) is 47.0 Å². The first kappa shape index (κ1) is 18.7. The SMILES string of the molecule is COCCCOCCOC[B-](F)(F)F.[K+]. The predicted octanol–water partition coefficient (Wildman–Crippen LogP) is -1.55. The summed E-state index contributed by atoms with van der Waals surface area (Å²) in [6.45, 7) is -4.74. The van der Waals surface area contributed by atoms with Crippen LogP contribution in [0.3, 0.4) is 0 Å². The summed E-state index contributed by atoms with van der Waals surface area (Å²) in [5.41, 5.74) is 0. The summed E-state index contributed by atoms with van der Waals surface area (Å²) in [7, 11) is 1.58. The zero-order valence-corrected chi connectivity index (χ0v) is 12.3. The second-order valence-electron chi connectivity index (χ2n) is 2.74. The maximum absolute atomic E-state index is 11.6. The molecule has 0 fully saturated rings. The van der Waals surface area contributed by atoms with E-state index in [1.165, 1.54) is 0 Å². The fraction of sp³-hybridized carbons (Fsp3) is 1.00. The molecule has 0 aromatic carbocycles. The Morgan fingerprint density at radius 1 is 0.933 bits per heavy atom. The van der Waals surface area contributed by atoms with Gasteiger partial charge in [-0.25, -0.2) is 0 Å². The van der Waals surface area contributed by atoms with Crippen LogP contribution in [0.15, 0.2) is 0 Å². The summed E-state index contributed by atoms with van der Waals surface area (Å²) in [6.07, 6.45) is 0.736.